The summed E-state index contributed by atoms with van der Waals surface area (Å²) in [6.07, 6.45) is 2.62. The van der Waals surface area contributed by atoms with Crippen molar-refractivity contribution in [3.8, 4) is 11.5 Å². The molecule has 1 aliphatic heterocycles. The predicted molar refractivity (Wildman–Crippen MR) is 127 cm³/mol. The van der Waals surface area contributed by atoms with E-state index in [9.17, 15) is 9.59 Å². The number of benzene rings is 2. The number of fused-ring (bicyclic) bond motifs is 1. The van der Waals surface area contributed by atoms with Crippen molar-refractivity contribution in [2.45, 2.75) is 13.3 Å². The molecule has 0 aliphatic carbocycles. The summed E-state index contributed by atoms with van der Waals surface area (Å²) in [5.74, 6) is 1.16. The maximum Gasteiger partial charge on any atom is 0.274 e. The minimum absolute atomic E-state index is 0.198. The molecule has 1 saturated heterocycles. The smallest absolute Gasteiger partial charge is 0.274 e. The highest BCUT2D eigenvalue weighted by Gasteiger charge is 2.28. The number of aromatic amines is 2. The van der Waals surface area contributed by atoms with E-state index in [0.717, 1.165) is 12.1 Å². The lowest BCUT2D eigenvalue weighted by Crippen LogP contribution is -2.37. The molecular weight excluding hydrogens is 418 g/mol. The summed E-state index contributed by atoms with van der Waals surface area (Å²) in [4.78, 5) is 34.0. The molecule has 2 aromatic heterocycles. The first-order valence-corrected chi connectivity index (χ1v) is 11.0. The SMILES string of the molecule is Cc1[nH]cc2cc(C(=O)N(CC3CCOC3)c3ccccc3Oc3ccccc3)[nH]c(=O)c12. The molecule has 0 radical (unpaired) electrons. The monoisotopic (exact) mass is 443 g/mol. The Bertz CT molecular complexity index is 1340. The van der Waals surface area contributed by atoms with Crippen molar-refractivity contribution in [1.82, 2.24) is 9.97 Å². The molecule has 1 amide bonds. The summed E-state index contributed by atoms with van der Waals surface area (Å²) in [6, 6.07) is 18.6. The normalized spacial score (nSPS) is 15.6. The van der Waals surface area contributed by atoms with Gasteiger partial charge in [-0.25, -0.2) is 0 Å². The fourth-order valence-corrected chi connectivity index (χ4v) is 4.26. The van der Waals surface area contributed by atoms with Crippen LogP contribution in [0.25, 0.3) is 10.8 Å². The summed E-state index contributed by atoms with van der Waals surface area (Å²) < 4.78 is 11.7. The molecule has 3 heterocycles. The Morgan fingerprint density at radius 2 is 1.94 bits per heavy atom. The van der Waals surface area contributed by atoms with Crippen LogP contribution in [0.4, 0.5) is 5.69 Å². The molecule has 1 atom stereocenters. The van der Waals surface area contributed by atoms with Gasteiger partial charge in [-0.05, 0) is 43.7 Å². The largest absolute Gasteiger partial charge is 0.455 e. The average Bonchev–Trinajstić information content (AvgIpc) is 3.48. The van der Waals surface area contributed by atoms with Crippen LogP contribution in [-0.2, 0) is 4.74 Å². The Hall–Kier alpha value is -3.84. The highest BCUT2D eigenvalue weighted by molar-refractivity contribution is 6.07. The summed E-state index contributed by atoms with van der Waals surface area (Å²) in [5, 5.41) is 1.27. The van der Waals surface area contributed by atoms with Gasteiger partial charge in [0.25, 0.3) is 11.5 Å². The first kappa shape index (κ1) is 21.0. The fraction of sp³-hybridized carbons (Fsp3) is 0.231. The van der Waals surface area contributed by atoms with Crippen LogP contribution >= 0.6 is 0 Å². The van der Waals surface area contributed by atoms with E-state index in [1.807, 2.05) is 61.5 Å². The Morgan fingerprint density at radius 1 is 1.15 bits per heavy atom. The zero-order valence-corrected chi connectivity index (χ0v) is 18.3. The number of ether oxygens (including phenoxy) is 2. The van der Waals surface area contributed by atoms with Crippen molar-refractivity contribution in [3.05, 3.63) is 88.6 Å². The number of hydrogen-bond acceptors (Lipinski definition) is 4. The molecule has 33 heavy (non-hydrogen) atoms. The van der Waals surface area contributed by atoms with Crippen molar-refractivity contribution >= 4 is 22.4 Å². The van der Waals surface area contributed by atoms with Gasteiger partial charge in [-0.3, -0.25) is 9.59 Å². The molecule has 2 aromatic carbocycles. The quantitative estimate of drug-likeness (QED) is 0.454. The second-order valence-electron chi connectivity index (χ2n) is 8.28. The second kappa shape index (κ2) is 8.96. The molecular formula is C26H25N3O4. The highest BCUT2D eigenvalue weighted by atomic mass is 16.5. The number of rotatable bonds is 6. The standard InChI is InChI=1S/C26H25N3O4/c1-17-24-19(14-27-17)13-21(28-25(24)30)26(31)29(15-18-11-12-32-16-18)22-9-5-6-10-23(22)33-20-7-3-2-4-8-20/h2-10,13-14,18,27H,11-12,15-16H2,1H3,(H,28,30). The molecule has 0 bridgehead atoms. The van der Waals surface area contributed by atoms with Crippen molar-refractivity contribution in [1.29, 1.82) is 0 Å². The van der Waals surface area contributed by atoms with Gasteiger partial charge in [-0.15, -0.1) is 0 Å². The van der Waals surface area contributed by atoms with Gasteiger partial charge in [0.15, 0.2) is 5.75 Å². The van der Waals surface area contributed by atoms with E-state index in [1.165, 1.54) is 0 Å². The summed E-state index contributed by atoms with van der Waals surface area (Å²) >= 11 is 0. The van der Waals surface area contributed by atoms with Gasteiger partial charge in [-0.1, -0.05) is 30.3 Å². The van der Waals surface area contributed by atoms with E-state index in [4.69, 9.17) is 9.47 Å². The van der Waals surface area contributed by atoms with Crippen molar-refractivity contribution in [2.75, 3.05) is 24.7 Å². The topological polar surface area (TPSA) is 87.4 Å². The van der Waals surface area contributed by atoms with E-state index < -0.39 is 0 Å². The first-order valence-electron chi connectivity index (χ1n) is 11.0. The molecule has 4 aromatic rings. The summed E-state index contributed by atoms with van der Waals surface area (Å²) in [5.41, 5.74) is 1.36. The van der Waals surface area contributed by atoms with Crippen molar-refractivity contribution in [3.63, 3.8) is 0 Å². The maximum absolute atomic E-state index is 13.8. The third-order valence-electron chi connectivity index (χ3n) is 5.95. The van der Waals surface area contributed by atoms with Gasteiger partial charge in [0.05, 0.1) is 17.7 Å². The number of anilines is 1. The Labute approximate surface area is 191 Å². The molecule has 5 rings (SSSR count). The fourth-order valence-electron chi connectivity index (χ4n) is 4.26. The number of carbonyl (C=O) groups excluding carboxylic acids is 1. The number of nitrogens with one attached hydrogen (secondary N) is 2. The number of nitrogens with zero attached hydrogens (tertiary/aromatic N) is 1. The van der Waals surface area contributed by atoms with E-state index in [-0.39, 0.29) is 23.1 Å². The van der Waals surface area contributed by atoms with E-state index >= 15 is 0 Å². The van der Waals surface area contributed by atoms with Crippen LogP contribution in [-0.4, -0.2) is 35.6 Å². The van der Waals surface area contributed by atoms with Crippen LogP contribution in [0.1, 0.15) is 22.6 Å². The molecule has 1 unspecified atom stereocenters. The van der Waals surface area contributed by atoms with Gasteiger partial charge in [0.2, 0.25) is 0 Å². The van der Waals surface area contributed by atoms with E-state index in [2.05, 4.69) is 9.97 Å². The summed E-state index contributed by atoms with van der Waals surface area (Å²) in [6.45, 7) is 3.57. The molecule has 1 aliphatic rings. The lowest BCUT2D eigenvalue weighted by atomic mass is 10.1. The number of aromatic nitrogens is 2. The zero-order chi connectivity index (χ0) is 22.8. The van der Waals surface area contributed by atoms with E-state index in [1.54, 1.807) is 17.2 Å². The minimum atomic E-state index is -0.288. The maximum atomic E-state index is 13.8. The molecule has 0 saturated carbocycles. The van der Waals surface area contributed by atoms with Crippen LogP contribution in [0, 0.1) is 12.8 Å². The minimum Gasteiger partial charge on any atom is -0.455 e. The van der Waals surface area contributed by atoms with Crippen molar-refractivity contribution < 1.29 is 14.3 Å². The molecule has 1 fully saturated rings. The predicted octanol–water partition coefficient (Wildman–Crippen LogP) is 4.64. The van der Waals surface area contributed by atoms with Crippen LogP contribution in [0.5, 0.6) is 11.5 Å². The number of para-hydroxylation sites is 3. The Balaban J connectivity index is 1.56. The van der Waals surface area contributed by atoms with Crippen LogP contribution in [0.3, 0.4) is 0 Å². The Morgan fingerprint density at radius 3 is 2.73 bits per heavy atom. The number of aryl methyl sites for hydroxylation is 1. The van der Waals surface area contributed by atoms with Gasteiger partial charge < -0.3 is 24.3 Å². The molecule has 2 N–H and O–H groups in total. The zero-order valence-electron chi connectivity index (χ0n) is 18.3. The summed E-state index contributed by atoms with van der Waals surface area (Å²) in [7, 11) is 0. The molecule has 7 nitrogen and oxygen atoms in total. The molecule has 7 heteroatoms. The average molecular weight is 444 g/mol. The third-order valence-corrected chi connectivity index (χ3v) is 5.95. The highest BCUT2D eigenvalue weighted by Crippen LogP contribution is 2.34. The van der Waals surface area contributed by atoms with Crippen LogP contribution < -0.4 is 15.2 Å². The van der Waals surface area contributed by atoms with Crippen LogP contribution in [0.2, 0.25) is 0 Å². The first-order chi connectivity index (χ1) is 16.1. The lowest BCUT2D eigenvalue weighted by Gasteiger charge is -2.27. The number of amides is 1. The number of H-pyrrole nitrogens is 2. The number of pyridine rings is 1. The van der Waals surface area contributed by atoms with Gasteiger partial charge >= 0.3 is 0 Å². The third kappa shape index (κ3) is 4.27. The Kier molecular flexibility index (Phi) is 5.71. The lowest BCUT2D eigenvalue weighted by molar-refractivity contribution is 0.0976. The molecule has 0 spiro atoms. The van der Waals surface area contributed by atoms with Crippen molar-refractivity contribution in [2.24, 2.45) is 5.92 Å². The number of hydrogen-bond donors (Lipinski definition) is 2. The van der Waals surface area contributed by atoms with Gasteiger partial charge in [0, 0.05) is 36.3 Å². The van der Waals surface area contributed by atoms with Gasteiger partial charge in [-0.2, -0.15) is 0 Å². The number of carbonyl (C=O) groups is 1. The second-order valence-corrected chi connectivity index (χ2v) is 8.28. The van der Waals surface area contributed by atoms with E-state index in [0.29, 0.717) is 47.7 Å². The van der Waals surface area contributed by atoms with Crippen LogP contribution in [0.15, 0.2) is 71.7 Å². The molecule has 168 valence electrons. The van der Waals surface area contributed by atoms with Gasteiger partial charge in [0.1, 0.15) is 11.4 Å².